The van der Waals surface area contributed by atoms with E-state index in [1.165, 1.54) is 0 Å². The molecule has 0 amide bonds. The van der Waals surface area contributed by atoms with Crippen LogP contribution in [0.1, 0.15) is 6.92 Å². The van der Waals surface area contributed by atoms with Crippen molar-refractivity contribution in [3.05, 3.63) is 0 Å². The van der Waals surface area contributed by atoms with E-state index >= 15 is 0 Å². The van der Waals surface area contributed by atoms with Gasteiger partial charge in [0, 0.05) is 13.6 Å². The van der Waals surface area contributed by atoms with E-state index in [4.69, 9.17) is 0 Å². The summed E-state index contributed by atoms with van der Waals surface area (Å²) in [6.45, 7) is 1.77. The summed E-state index contributed by atoms with van der Waals surface area (Å²) in [4.78, 5) is 9.83. The molecule has 2 nitrogen and oxygen atoms in total. The monoisotopic (exact) mass is 124 g/mol. The van der Waals surface area contributed by atoms with Crippen LogP contribution in [0.25, 0.3) is 0 Å². The van der Waals surface area contributed by atoms with Crippen molar-refractivity contribution in [2.75, 3.05) is 6.66 Å². The zero-order valence-corrected chi connectivity index (χ0v) is 5.04. The van der Waals surface area contributed by atoms with Gasteiger partial charge in [-0.2, -0.15) is 4.20 Å². The molecule has 42 valence electrons. The highest BCUT2D eigenvalue weighted by Crippen LogP contribution is 2.42. The summed E-state index contributed by atoms with van der Waals surface area (Å²) in [6.07, 6.45) is 0. The Balaban J connectivity index is 4.09. The average molecular weight is 124 g/mol. The zero-order valence-electron chi connectivity index (χ0n) is 4.14. The lowest BCUT2D eigenvalue weighted by Gasteiger charge is -1.89. The number of halogens is 1. The first-order valence-corrected chi connectivity index (χ1v) is 3.77. The van der Waals surface area contributed by atoms with Crippen molar-refractivity contribution < 1.29 is 13.6 Å². The molecular weight excluding hydrogens is 118 g/mol. The van der Waals surface area contributed by atoms with Crippen LogP contribution in [0.5, 0.6) is 0 Å². The zero-order chi connectivity index (χ0) is 6.08. The van der Waals surface area contributed by atoms with Gasteiger partial charge in [-0.15, -0.1) is 0 Å². The maximum Gasteiger partial charge on any atom is 0.302 e. The van der Waals surface area contributed by atoms with Crippen LogP contribution in [0.3, 0.4) is 0 Å². The van der Waals surface area contributed by atoms with Gasteiger partial charge < -0.3 is 0 Å². The minimum absolute atomic E-state index is 0.801. The van der Waals surface area contributed by atoms with Gasteiger partial charge in [-0.3, -0.25) is 9.36 Å². The molecule has 0 aromatic heterocycles. The summed E-state index contributed by atoms with van der Waals surface area (Å²) >= 11 is 0. The first-order valence-electron chi connectivity index (χ1n) is 1.73. The number of hydrogen-bond donors (Lipinski definition) is 0. The lowest BCUT2D eigenvalue weighted by atomic mass is 10.9. The van der Waals surface area contributed by atoms with E-state index in [0.29, 0.717) is 0 Å². The van der Waals surface area contributed by atoms with Crippen LogP contribution < -0.4 is 0 Å². The quantitative estimate of drug-likeness (QED) is 0.495. The van der Waals surface area contributed by atoms with Crippen molar-refractivity contribution in [1.29, 1.82) is 0 Å². The lowest BCUT2D eigenvalue weighted by Crippen LogP contribution is -1.83. The van der Waals surface area contributed by atoms with Crippen LogP contribution >= 0.6 is 7.45 Å². The Morgan fingerprint density at radius 2 is 1.86 bits per heavy atom. The highest BCUT2D eigenvalue weighted by atomic mass is 31.2. The van der Waals surface area contributed by atoms with E-state index in [2.05, 4.69) is 0 Å². The van der Waals surface area contributed by atoms with E-state index in [0.717, 1.165) is 13.6 Å². The van der Waals surface area contributed by atoms with Crippen LogP contribution in [0.2, 0.25) is 0 Å². The van der Waals surface area contributed by atoms with Crippen LogP contribution in [0, 0.1) is 0 Å². The number of hydrogen-bond acceptors (Lipinski definition) is 2. The molecule has 0 aromatic rings. The first-order chi connectivity index (χ1) is 2.94. The topological polar surface area (TPSA) is 34.1 Å². The van der Waals surface area contributed by atoms with E-state index in [9.17, 15) is 13.6 Å². The Morgan fingerprint density at radius 3 is 1.86 bits per heavy atom. The van der Waals surface area contributed by atoms with Gasteiger partial charge in [-0.05, 0) is 0 Å². The fourth-order valence-electron chi connectivity index (χ4n) is 0. The largest absolute Gasteiger partial charge is 0.302 e. The van der Waals surface area contributed by atoms with Gasteiger partial charge in [0.2, 0.25) is 5.52 Å². The molecular formula is C3H6FO2P. The van der Waals surface area contributed by atoms with Gasteiger partial charge in [0.1, 0.15) is 0 Å². The van der Waals surface area contributed by atoms with E-state index in [-0.39, 0.29) is 0 Å². The van der Waals surface area contributed by atoms with Gasteiger partial charge in [-0.1, -0.05) is 0 Å². The predicted octanol–water partition coefficient (Wildman–Crippen LogP) is 1.41. The molecule has 0 saturated carbocycles. The molecule has 0 aliphatic carbocycles. The van der Waals surface area contributed by atoms with Crippen molar-refractivity contribution in [3.63, 3.8) is 0 Å². The van der Waals surface area contributed by atoms with E-state index < -0.39 is 13.0 Å². The third kappa shape index (κ3) is 2.52. The number of carbonyl (C=O) groups is 1. The Kier molecular flexibility index (Phi) is 1.70. The third-order valence-corrected chi connectivity index (χ3v) is 1.69. The fourth-order valence-corrected chi connectivity index (χ4v) is 0. The third-order valence-electron chi connectivity index (χ3n) is 0.562. The molecule has 1 atom stereocenters. The summed E-state index contributed by atoms with van der Waals surface area (Å²) in [5.41, 5.74) is -0.868. The minimum atomic E-state index is -3.88. The predicted molar refractivity (Wildman–Crippen MR) is 25.3 cm³/mol. The standard InChI is InChI=1S/C3H6FO2P/c1-3(5)7(2,4)6/h1-2H3. The summed E-state index contributed by atoms with van der Waals surface area (Å²) < 4.78 is 21.6. The molecule has 0 saturated heterocycles. The second-order valence-corrected chi connectivity index (χ2v) is 3.61. The Labute approximate surface area is 41.2 Å². The minimum Gasteiger partial charge on any atom is -0.288 e. The molecule has 0 heterocycles. The van der Waals surface area contributed by atoms with E-state index in [1.807, 2.05) is 0 Å². The van der Waals surface area contributed by atoms with Crippen molar-refractivity contribution in [2.24, 2.45) is 0 Å². The average Bonchev–Trinajstić information content (AvgIpc) is 1.31. The van der Waals surface area contributed by atoms with Gasteiger partial charge >= 0.3 is 7.45 Å². The number of rotatable bonds is 1. The van der Waals surface area contributed by atoms with Crippen molar-refractivity contribution in [1.82, 2.24) is 0 Å². The van der Waals surface area contributed by atoms with Gasteiger partial charge in [0.25, 0.3) is 0 Å². The normalized spacial score (nSPS) is 18.1. The van der Waals surface area contributed by atoms with Crippen LogP contribution in [0.4, 0.5) is 4.20 Å². The van der Waals surface area contributed by atoms with Crippen molar-refractivity contribution in [2.45, 2.75) is 6.92 Å². The fraction of sp³-hybridized carbons (Fsp3) is 0.667. The van der Waals surface area contributed by atoms with Crippen LogP contribution in [0.15, 0.2) is 0 Å². The van der Waals surface area contributed by atoms with Gasteiger partial charge in [0.05, 0.1) is 0 Å². The second kappa shape index (κ2) is 1.74. The van der Waals surface area contributed by atoms with E-state index in [1.54, 1.807) is 0 Å². The smallest absolute Gasteiger partial charge is 0.288 e. The van der Waals surface area contributed by atoms with Crippen LogP contribution in [-0.4, -0.2) is 12.2 Å². The molecule has 1 unspecified atom stereocenters. The summed E-state index contributed by atoms with van der Waals surface area (Å²) in [5.74, 6) is 0. The molecule has 0 aliphatic heterocycles. The highest BCUT2D eigenvalue weighted by Gasteiger charge is 2.17. The molecule has 0 fully saturated rings. The Morgan fingerprint density at radius 1 is 1.71 bits per heavy atom. The number of carbonyl (C=O) groups excluding carboxylic acids is 1. The molecule has 0 aromatic carbocycles. The first kappa shape index (κ1) is 6.83. The second-order valence-electron chi connectivity index (χ2n) is 1.34. The van der Waals surface area contributed by atoms with Crippen molar-refractivity contribution >= 4 is 13.0 Å². The molecule has 0 aliphatic rings. The Hall–Kier alpha value is -0.170. The van der Waals surface area contributed by atoms with Gasteiger partial charge in [-0.25, -0.2) is 0 Å². The summed E-state index contributed by atoms with van der Waals surface area (Å²) in [7, 11) is -3.88. The molecule has 0 rings (SSSR count). The highest BCUT2D eigenvalue weighted by molar-refractivity contribution is 7.75. The molecule has 7 heavy (non-hydrogen) atoms. The Bertz CT molecular complexity index is 125. The van der Waals surface area contributed by atoms with Crippen LogP contribution in [-0.2, 0) is 9.36 Å². The van der Waals surface area contributed by atoms with Gasteiger partial charge in [0.15, 0.2) is 0 Å². The summed E-state index contributed by atoms with van der Waals surface area (Å²) in [6, 6.07) is 0. The molecule has 4 heteroatoms. The molecule has 0 N–H and O–H groups in total. The lowest BCUT2D eigenvalue weighted by molar-refractivity contribution is -0.110. The molecule has 0 spiro atoms. The SMILES string of the molecule is CC(=O)P(C)(=O)F. The van der Waals surface area contributed by atoms with Crippen molar-refractivity contribution in [3.8, 4) is 0 Å². The maximum absolute atomic E-state index is 11.7. The molecule has 0 bridgehead atoms. The summed E-state index contributed by atoms with van der Waals surface area (Å²) in [5, 5.41) is 0. The maximum atomic E-state index is 11.7. The molecule has 0 radical (unpaired) electrons.